The number of hydrogen-bond donors (Lipinski definition) is 0. The Labute approximate surface area is 185 Å². The van der Waals surface area contributed by atoms with Crippen molar-refractivity contribution >= 4 is 41.1 Å². The van der Waals surface area contributed by atoms with E-state index in [-0.39, 0.29) is 12.1 Å². The third kappa shape index (κ3) is 4.83. The molecule has 3 amide bonds. The number of piperidine rings is 1. The Kier molecular flexibility index (Phi) is 6.82. The first-order valence-corrected chi connectivity index (χ1v) is 11.0. The Hall–Kier alpha value is -1.99. The first-order valence-electron chi connectivity index (χ1n) is 10.1. The number of alkyl halides is 1. The molecule has 9 heteroatoms. The Morgan fingerprint density at radius 2 is 1.83 bits per heavy atom. The molecule has 3 rings (SSSR count). The molecule has 2 aliphatic heterocycles. The van der Waals surface area contributed by atoms with Crippen molar-refractivity contribution in [2.75, 3.05) is 25.5 Å². The van der Waals surface area contributed by atoms with Crippen LogP contribution in [0, 0.1) is 0 Å². The highest BCUT2D eigenvalue weighted by molar-refractivity contribution is 6.36. The zero-order chi connectivity index (χ0) is 22.1. The number of halogens is 2. The van der Waals surface area contributed by atoms with Crippen LogP contribution in [0.3, 0.4) is 0 Å². The number of amides is 3. The molecule has 0 aromatic heterocycles. The highest BCUT2D eigenvalue weighted by atomic mass is 35.5. The van der Waals surface area contributed by atoms with Crippen molar-refractivity contribution in [1.82, 2.24) is 14.1 Å². The second-order valence-electron chi connectivity index (χ2n) is 8.51. The van der Waals surface area contributed by atoms with Crippen LogP contribution in [-0.4, -0.2) is 60.0 Å². The van der Waals surface area contributed by atoms with Gasteiger partial charge in [-0.05, 0) is 26.8 Å². The summed E-state index contributed by atoms with van der Waals surface area (Å²) >= 11 is 12.0. The predicted octanol–water partition coefficient (Wildman–Crippen LogP) is 1.42. The maximum absolute atomic E-state index is 13.0. The molecular weight excluding hydrogens is 429 g/mol. The Morgan fingerprint density at radius 1 is 1.17 bits per heavy atom. The zero-order valence-corrected chi connectivity index (χ0v) is 19.0. The first kappa shape index (κ1) is 22.7. The van der Waals surface area contributed by atoms with Crippen molar-refractivity contribution in [2.24, 2.45) is 0 Å². The molecule has 0 aliphatic carbocycles. The van der Waals surface area contributed by atoms with Gasteiger partial charge in [-0.25, -0.2) is 14.4 Å². The van der Waals surface area contributed by atoms with E-state index >= 15 is 0 Å². The van der Waals surface area contributed by atoms with Crippen LogP contribution < -0.4 is 19.9 Å². The molecule has 0 atom stereocenters. The molecule has 1 fully saturated rings. The molecule has 0 spiro atoms. The van der Waals surface area contributed by atoms with Gasteiger partial charge in [-0.3, -0.25) is 0 Å². The van der Waals surface area contributed by atoms with Gasteiger partial charge >= 0.3 is 17.9 Å². The number of nitrogens with zero attached hydrogens (tertiary/aromatic N) is 3. The minimum atomic E-state index is -0.579. The van der Waals surface area contributed by atoms with E-state index in [1.807, 2.05) is 20.8 Å². The van der Waals surface area contributed by atoms with Crippen molar-refractivity contribution in [3.05, 3.63) is 33.9 Å². The van der Waals surface area contributed by atoms with Crippen LogP contribution in [0.5, 0.6) is 0 Å². The van der Waals surface area contributed by atoms with Crippen LogP contribution in [0.1, 0.15) is 40.0 Å². The SMILES string of the molecule is CC(C)(C)OC(=O)N1CCC([N+]2=c3ccc(Cl)cc3=[N+](CCCCl)C(=O)C2=O)CC1. The molecule has 0 unspecified atom stereocenters. The van der Waals surface area contributed by atoms with E-state index < -0.39 is 17.4 Å². The number of carbonyl (C=O) groups excluding carboxylic acids is 3. The topological polar surface area (TPSA) is 69.7 Å². The van der Waals surface area contributed by atoms with E-state index in [1.54, 1.807) is 27.7 Å². The van der Waals surface area contributed by atoms with Crippen molar-refractivity contribution in [3.8, 4) is 0 Å². The summed E-state index contributed by atoms with van der Waals surface area (Å²) in [5, 5.41) is 1.77. The van der Waals surface area contributed by atoms with Crippen molar-refractivity contribution < 1.29 is 19.1 Å². The molecular formula is C21H27Cl2N3O4+2. The number of fused-ring (bicyclic) bond motifs is 1. The van der Waals surface area contributed by atoms with E-state index in [0.29, 0.717) is 60.5 Å². The van der Waals surface area contributed by atoms with E-state index in [2.05, 4.69) is 0 Å². The fourth-order valence-corrected chi connectivity index (χ4v) is 4.08. The number of rotatable bonds is 4. The van der Waals surface area contributed by atoms with Gasteiger partial charge in [-0.1, -0.05) is 11.6 Å². The van der Waals surface area contributed by atoms with Crippen LogP contribution >= 0.6 is 23.2 Å². The van der Waals surface area contributed by atoms with Crippen LogP contribution in [0.25, 0.3) is 0 Å². The van der Waals surface area contributed by atoms with Crippen LogP contribution in [0.4, 0.5) is 4.79 Å². The van der Waals surface area contributed by atoms with Gasteiger partial charge in [0.1, 0.15) is 5.60 Å². The summed E-state index contributed by atoms with van der Waals surface area (Å²) in [4.78, 5) is 39.8. The van der Waals surface area contributed by atoms with Crippen LogP contribution in [0.2, 0.25) is 5.02 Å². The average Bonchev–Trinajstić information content (AvgIpc) is 2.68. The van der Waals surface area contributed by atoms with Gasteiger partial charge in [0.15, 0.2) is 12.6 Å². The van der Waals surface area contributed by atoms with Crippen molar-refractivity contribution in [2.45, 2.75) is 51.7 Å². The molecule has 2 aliphatic rings. The molecule has 1 aromatic carbocycles. The van der Waals surface area contributed by atoms with Gasteiger partial charge in [-0.15, -0.1) is 20.8 Å². The van der Waals surface area contributed by atoms with E-state index in [9.17, 15) is 14.4 Å². The minimum absolute atomic E-state index is 0.185. The summed E-state index contributed by atoms with van der Waals surface area (Å²) in [7, 11) is 0. The Morgan fingerprint density at radius 3 is 2.43 bits per heavy atom. The monoisotopic (exact) mass is 455 g/mol. The zero-order valence-electron chi connectivity index (χ0n) is 17.5. The lowest BCUT2D eigenvalue weighted by Gasteiger charge is -2.31. The number of carbonyl (C=O) groups is 3. The summed E-state index contributed by atoms with van der Waals surface area (Å²) in [6, 6.07) is 5.01. The predicted molar refractivity (Wildman–Crippen MR) is 114 cm³/mol. The van der Waals surface area contributed by atoms with E-state index in [4.69, 9.17) is 27.9 Å². The normalized spacial score (nSPS) is 18.0. The van der Waals surface area contributed by atoms with Gasteiger partial charge in [-0.2, -0.15) is 0 Å². The van der Waals surface area contributed by atoms with E-state index in [1.165, 1.54) is 4.58 Å². The van der Waals surface area contributed by atoms with Gasteiger partial charge < -0.3 is 9.64 Å². The van der Waals surface area contributed by atoms with Gasteiger partial charge in [0.2, 0.25) is 0 Å². The summed E-state index contributed by atoms with van der Waals surface area (Å²) in [5.74, 6) is -0.750. The van der Waals surface area contributed by atoms with E-state index in [0.717, 1.165) is 0 Å². The largest absolute Gasteiger partial charge is 0.529 e. The molecule has 1 aromatic rings. The quantitative estimate of drug-likeness (QED) is 0.391. The maximum atomic E-state index is 13.0. The highest BCUT2D eigenvalue weighted by Crippen LogP contribution is 2.17. The molecule has 162 valence electrons. The second kappa shape index (κ2) is 9.02. The summed E-state index contributed by atoms with van der Waals surface area (Å²) in [6.45, 7) is 6.74. The fraction of sp³-hybridized carbons (Fsp3) is 0.571. The summed E-state index contributed by atoms with van der Waals surface area (Å²) in [5.41, 5.74) is -0.562. The first-order chi connectivity index (χ1) is 14.1. The molecule has 1 saturated heterocycles. The molecule has 30 heavy (non-hydrogen) atoms. The lowest BCUT2D eigenvalue weighted by Crippen LogP contribution is -2.64. The lowest BCUT2D eigenvalue weighted by atomic mass is 10.0. The van der Waals surface area contributed by atoms with Crippen molar-refractivity contribution in [3.63, 3.8) is 0 Å². The molecule has 0 saturated carbocycles. The maximum Gasteiger partial charge on any atom is 0.529 e. The third-order valence-corrected chi connectivity index (χ3v) is 5.63. The molecule has 0 N–H and O–H groups in total. The van der Waals surface area contributed by atoms with Gasteiger partial charge in [0.25, 0.3) is 10.7 Å². The lowest BCUT2D eigenvalue weighted by molar-refractivity contribution is -0.143. The number of benzene rings is 1. The minimum Gasteiger partial charge on any atom is -0.444 e. The Balaban J connectivity index is 1.94. The number of hydrogen-bond acceptors (Lipinski definition) is 4. The average molecular weight is 456 g/mol. The fourth-order valence-electron chi connectivity index (χ4n) is 3.79. The van der Waals surface area contributed by atoms with Crippen LogP contribution in [-0.2, 0) is 14.3 Å². The second-order valence-corrected chi connectivity index (χ2v) is 9.32. The molecule has 0 radical (unpaired) electrons. The summed E-state index contributed by atoms with van der Waals surface area (Å²) < 4.78 is 8.46. The number of likely N-dealkylation sites (tertiary alicyclic amines) is 1. The van der Waals surface area contributed by atoms with Crippen molar-refractivity contribution in [1.29, 1.82) is 0 Å². The molecule has 2 heterocycles. The number of ether oxygens (including phenoxy) is 1. The molecule has 7 nitrogen and oxygen atoms in total. The molecule has 0 bridgehead atoms. The summed E-state index contributed by atoms with van der Waals surface area (Å²) in [6.07, 6.45) is 1.33. The van der Waals surface area contributed by atoms with Gasteiger partial charge in [0, 0.05) is 55.4 Å². The smallest absolute Gasteiger partial charge is 0.444 e. The van der Waals surface area contributed by atoms with Crippen LogP contribution in [0.15, 0.2) is 18.2 Å². The third-order valence-electron chi connectivity index (χ3n) is 5.13. The standard InChI is InChI=1S/C21H27Cl2N3O4/c1-21(2,3)30-20(29)24-11-7-15(8-12-24)26-16-6-5-14(23)13-17(16)25(10-4-9-22)18(27)19(26)28/h5-6,13,15H,4,7-12H2,1-3H3/q+2. The van der Waals surface area contributed by atoms with Gasteiger partial charge in [0.05, 0.1) is 0 Å². The Bertz CT molecular complexity index is 992. The highest BCUT2D eigenvalue weighted by Gasteiger charge is 2.47.